The van der Waals surface area contributed by atoms with E-state index in [0.717, 1.165) is 77.0 Å². The molecule has 0 rings (SSSR count). The van der Waals surface area contributed by atoms with Crippen LogP contribution in [0, 0.1) is 0 Å². The van der Waals surface area contributed by atoms with E-state index < -0.39 is 22.1 Å². The predicted molar refractivity (Wildman–Crippen MR) is 258 cm³/mol. The maximum Gasteiger partial charge on any atom is 3.00 e. The largest absolute Gasteiger partial charge is 3.00 e. The topological polar surface area (TPSA) is 120 Å². The molecule has 0 spiro atoms. The van der Waals surface area contributed by atoms with Gasteiger partial charge in [-0.25, -0.2) is 0 Å². The zero-order valence-corrected chi connectivity index (χ0v) is 43.9. The van der Waals surface area contributed by atoms with Gasteiger partial charge < -0.3 is 28.4 Å². The van der Waals surface area contributed by atoms with E-state index in [1.165, 1.54) is 154 Å². The Labute approximate surface area is 375 Å². The standard InChI is InChI=1S/3C16H35O2P.Al/c3*1-3-5-7-9-11-13-15-19(17,18)16-14-12-10-8-6-4-2;/h3*3-16H2,1-2H3,(H,17,18);/q;;;+3/p-3. The van der Waals surface area contributed by atoms with E-state index in [-0.39, 0.29) is 17.4 Å². The third-order valence-electron chi connectivity index (χ3n) is 11.1. The molecule has 0 N–H and O–H groups in total. The second-order valence-electron chi connectivity index (χ2n) is 17.4. The van der Waals surface area contributed by atoms with Crippen LogP contribution in [-0.4, -0.2) is 54.3 Å². The molecule has 0 aliphatic rings. The Balaban J connectivity index is -0.000000374. The summed E-state index contributed by atoms with van der Waals surface area (Å²) in [7, 11) is -9.16. The van der Waals surface area contributed by atoms with E-state index in [1.54, 1.807) is 0 Å². The second-order valence-corrected chi connectivity index (χ2v) is 25.0. The zero-order chi connectivity index (χ0) is 43.2. The third kappa shape index (κ3) is 59.2. The number of hydrogen-bond donors (Lipinski definition) is 0. The summed E-state index contributed by atoms with van der Waals surface area (Å²) < 4.78 is 35.5. The molecule has 0 atom stereocenters. The molecule has 0 unspecified atom stereocenters. The Morgan fingerprint density at radius 2 is 0.328 bits per heavy atom. The van der Waals surface area contributed by atoms with Gasteiger partial charge in [-0.15, -0.1) is 0 Å². The van der Waals surface area contributed by atoms with Crippen LogP contribution in [-0.2, 0) is 13.7 Å². The van der Waals surface area contributed by atoms with Crippen molar-refractivity contribution in [1.82, 2.24) is 0 Å². The van der Waals surface area contributed by atoms with Crippen LogP contribution in [0.1, 0.15) is 273 Å². The van der Waals surface area contributed by atoms with Crippen molar-refractivity contribution in [1.29, 1.82) is 0 Å². The van der Waals surface area contributed by atoms with Crippen LogP contribution in [0.5, 0.6) is 0 Å². The molecule has 0 saturated heterocycles. The molecule has 0 fully saturated rings. The number of rotatable bonds is 42. The van der Waals surface area contributed by atoms with Crippen LogP contribution < -0.4 is 14.7 Å². The minimum Gasteiger partial charge on any atom is -0.799 e. The van der Waals surface area contributed by atoms with Crippen molar-refractivity contribution in [2.45, 2.75) is 273 Å². The van der Waals surface area contributed by atoms with E-state index >= 15 is 0 Å². The summed E-state index contributed by atoms with van der Waals surface area (Å²) >= 11 is 0. The van der Waals surface area contributed by atoms with Gasteiger partial charge >= 0.3 is 17.4 Å². The Hall–Kier alpha value is 1.10. The molecule has 10 heteroatoms. The number of hydrogen-bond acceptors (Lipinski definition) is 6. The first-order valence-corrected chi connectivity index (χ1v) is 31.2. The normalized spacial score (nSPS) is 11.7. The third-order valence-corrected chi connectivity index (χ3v) is 17.1. The minimum absolute atomic E-state index is 0. The van der Waals surface area contributed by atoms with Crippen molar-refractivity contribution in [3.05, 3.63) is 0 Å². The van der Waals surface area contributed by atoms with E-state index in [4.69, 9.17) is 0 Å². The average molecular weight is 895 g/mol. The van der Waals surface area contributed by atoms with Gasteiger partial charge in [-0.05, 0) is 75.5 Å². The van der Waals surface area contributed by atoms with Crippen molar-refractivity contribution in [2.24, 2.45) is 0 Å². The summed E-state index contributed by atoms with van der Waals surface area (Å²) in [5.41, 5.74) is 0. The van der Waals surface area contributed by atoms with Gasteiger partial charge in [0.25, 0.3) is 0 Å². The fourth-order valence-electron chi connectivity index (χ4n) is 7.13. The Bertz CT molecular complexity index is 748. The molecule has 6 nitrogen and oxygen atoms in total. The van der Waals surface area contributed by atoms with Gasteiger partial charge in [-0.3, -0.25) is 0 Å². The SMILES string of the molecule is CCCCCCCCP(=O)([O-])CCCCCCCC.CCCCCCCCP(=O)([O-])CCCCCCCC.CCCCCCCCP(=O)([O-])CCCCCCCC.[Al+3]. The molecule has 0 aromatic carbocycles. The molecule has 0 radical (unpaired) electrons. The van der Waals surface area contributed by atoms with Gasteiger partial charge in [0.05, 0.1) is 0 Å². The summed E-state index contributed by atoms with van der Waals surface area (Å²) in [4.78, 5) is 35.5. The smallest absolute Gasteiger partial charge is 0.799 e. The average Bonchev–Trinajstić information content (AvgIpc) is 3.17. The number of unbranched alkanes of at least 4 members (excludes halogenated alkanes) is 30. The minimum atomic E-state index is -3.05. The quantitative estimate of drug-likeness (QED) is 0.0342. The van der Waals surface area contributed by atoms with Gasteiger partial charge in [0.2, 0.25) is 0 Å². The maximum absolute atomic E-state index is 11.8. The Morgan fingerprint density at radius 1 is 0.224 bits per heavy atom. The van der Waals surface area contributed by atoms with E-state index in [2.05, 4.69) is 41.5 Å². The van der Waals surface area contributed by atoms with Crippen molar-refractivity contribution < 1.29 is 28.4 Å². The molecule has 0 bridgehead atoms. The zero-order valence-electron chi connectivity index (χ0n) is 40.1. The fourth-order valence-corrected chi connectivity index (χ4v) is 12.0. The van der Waals surface area contributed by atoms with Crippen molar-refractivity contribution in [3.8, 4) is 0 Å². The molecule has 0 saturated carbocycles. The molecule has 0 aromatic rings. The maximum atomic E-state index is 11.8. The van der Waals surface area contributed by atoms with Gasteiger partial charge in [-0.1, -0.05) is 234 Å². The first kappa shape index (κ1) is 65.7. The van der Waals surface area contributed by atoms with Crippen LogP contribution in [0.4, 0.5) is 0 Å². The first-order valence-electron chi connectivity index (χ1n) is 25.2. The van der Waals surface area contributed by atoms with Crippen LogP contribution >= 0.6 is 22.1 Å². The molecule has 0 amide bonds. The summed E-state index contributed by atoms with van der Waals surface area (Å²) in [5.74, 6) is 0. The molecule has 0 aromatic heterocycles. The van der Waals surface area contributed by atoms with Crippen LogP contribution in [0.15, 0.2) is 0 Å². The molecule has 58 heavy (non-hydrogen) atoms. The molecular weight excluding hydrogens is 792 g/mol. The molecule has 0 heterocycles. The van der Waals surface area contributed by atoms with Crippen molar-refractivity contribution in [3.63, 3.8) is 0 Å². The van der Waals surface area contributed by atoms with Crippen molar-refractivity contribution in [2.75, 3.05) is 37.0 Å². The molecular formula is C48H102AlO6P3. The van der Waals surface area contributed by atoms with E-state index in [1.807, 2.05) is 0 Å². The molecule has 0 aliphatic carbocycles. The van der Waals surface area contributed by atoms with E-state index in [0.29, 0.717) is 37.0 Å². The van der Waals surface area contributed by atoms with Crippen LogP contribution in [0.25, 0.3) is 0 Å². The van der Waals surface area contributed by atoms with Gasteiger partial charge in [0.1, 0.15) is 0 Å². The van der Waals surface area contributed by atoms with Crippen LogP contribution in [0.2, 0.25) is 0 Å². The molecule has 0 aliphatic heterocycles. The summed E-state index contributed by atoms with van der Waals surface area (Å²) in [5, 5.41) is 0. The summed E-state index contributed by atoms with van der Waals surface area (Å²) in [6.07, 6.45) is 44.4. The van der Waals surface area contributed by atoms with Gasteiger partial charge in [-0.2, -0.15) is 0 Å². The van der Waals surface area contributed by atoms with Gasteiger partial charge in [0.15, 0.2) is 0 Å². The van der Waals surface area contributed by atoms with Crippen LogP contribution in [0.3, 0.4) is 0 Å². The first-order chi connectivity index (χ1) is 27.4. The summed E-state index contributed by atoms with van der Waals surface area (Å²) in [6, 6.07) is 0. The fraction of sp³-hybridized carbons (Fsp3) is 1.00. The monoisotopic (exact) mass is 895 g/mol. The Kier molecular flexibility index (Phi) is 57.5. The molecule has 348 valence electrons. The van der Waals surface area contributed by atoms with Crippen molar-refractivity contribution >= 4 is 39.5 Å². The summed E-state index contributed by atoms with van der Waals surface area (Å²) in [6.45, 7) is 13.2. The van der Waals surface area contributed by atoms with E-state index in [9.17, 15) is 28.4 Å². The second kappa shape index (κ2) is 50.7. The Morgan fingerprint density at radius 3 is 0.448 bits per heavy atom. The van der Waals surface area contributed by atoms with Gasteiger partial charge in [0, 0.05) is 22.1 Å². The predicted octanol–water partition coefficient (Wildman–Crippen LogP) is 15.7.